The standard InChI is InChI=1S/C13H16ClN5O/c1-9-3-4-10(7-11(9)14)17-13-18-12(8-16-19-13)15-5-6-20-2/h3-4,7-8H,5-6H2,1-2H3,(H2,15,17,18,19). The number of ether oxygens (including phenoxy) is 1. The molecule has 2 rings (SSSR count). The Morgan fingerprint density at radius 3 is 2.95 bits per heavy atom. The lowest BCUT2D eigenvalue weighted by Gasteiger charge is -2.08. The first-order valence-corrected chi connectivity index (χ1v) is 6.52. The lowest BCUT2D eigenvalue weighted by Crippen LogP contribution is -2.10. The Balaban J connectivity index is 2.05. The minimum Gasteiger partial charge on any atom is -0.383 e. The summed E-state index contributed by atoms with van der Waals surface area (Å²) in [5.41, 5.74) is 1.84. The second-order valence-corrected chi connectivity index (χ2v) is 4.58. The van der Waals surface area contributed by atoms with Gasteiger partial charge in [0.05, 0.1) is 12.8 Å². The van der Waals surface area contributed by atoms with E-state index in [4.69, 9.17) is 16.3 Å². The van der Waals surface area contributed by atoms with Crippen molar-refractivity contribution in [3.05, 3.63) is 35.0 Å². The molecule has 0 fully saturated rings. The van der Waals surface area contributed by atoms with Gasteiger partial charge in [-0.05, 0) is 24.6 Å². The zero-order valence-corrected chi connectivity index (χ0v) is 12.1. The van der Waals surface area contributed by atoms with E-state index in [-0.39, 0.29) is 0 Å². The summed E-state index contributed by atoms with van der Waals surface area (Å²) in [5, 5.41) is 14.7. The van der Waals surface area contributed by atoms with Crippen LogP contribution < -0.4 is 10.6 Å². The number of hydrogen-bond acceptors (Lipinski definition) is 6. The van der Waals surface area contributed by atoms with Crippen molar-refractivity contribution < 1.29 is 4.74 Å². The van der Waals surface area contributed by atoms with Gasteiger partial charge in [0.15, 0.2) is 5.82 Å². The van der Waals surface area contributed by atoms with Gasteiger partial charge in [-0.15, -0.1) is 5.10 Å². The summed E-state index contributed by atoms with van der Waals surface area (Å²) in [5.74, 6) is 1.05. The lowest BCUT2D eigenvalue weighted by atomic mass is 10.2. The molecule has 0 aliphatic carbocycles. The number of rotatable bonds is 6. The van der Waals surface area contributed by atoms with Crippen molar-refractivity contribution in [1.82, 2.24) is 15.2 Å². The van der Waals surface area contributed by atoms with Crippen LogP contribution in [0.4, 0.5) is 17.5 Å². The quantitative estimate of drug-likeness (QED) is 0.798. The molecule has 0 bridgehead atoms. The Morgan fingerprint density at radius 1 is 1.35 bits per heavy atom. The summed E-state index contributed by atoms with van der Waals surface area (Å²) in [6.45, 7) is 3.20. The van der Waals surface area contributed by atoms with Gasteiger partial charge < -0.3 is 15.4 Å². The zero-order chi connectivity index (χ0) is 14.4. The molecule has 0 radical (unpaired) electrons. The van der Waals surface area contributed by atoms with E-state index in [9.17, 15) is 0 Å². The SMILES string of the molecule is COCCNc1cnnc(Nc2ccc(C)c(Cl)c2)n1. The van der Waals surface area contributed by atoms with Gasteiger partial charge in [-0.1, -0.05) is 17.7 Å². The number of halogens is 1. The monoisotopic (exact) mass is 293 g/mol. The molecule has 0 atom stereocenters. The molecule has 0 aliphatic heterocycles. The third kappa shape index (κ3) is 4.04. The van der Waals surface area contributed by atoms with Gasteiger partial charge in [-0.3, -0.25) is 0 Å². The second-order valence-electron chi connectivity index (χ2n) is 4.17. The molecule has 1 aromatic heterocycles. The topological polar surface area (TPSA) is 72.0 Å². The summed E-state index contributed by atoms with van der Waals surface area (Å²) >= 11 is 6.07. The van der Waals surface area contributed by atoms with E-state index in [2.05, 4.69) is 25.8 Å². The Kier molecular flexibility index (Phi) is 5.09. The average molecular weight is 294 g/mol. The van der Waals surface area contributed by atoms with Gasteiger partial charge in [-0.2, -0.15) is 10.1 Å². The molecule has 1 aromatic carbocycles. The van der Waals surface area contributed by atoms with E-state index >= 15 is 0 Å². The number of aromatic nitrogens is 3. The fourth-order valence-electron chi connectivity index (χ4n) is 1.52. The van der Waals surface area contributed by atoms with Crippen LogP contribution in [-0.4, -0.2) is 35.4 Å². The van der Waals surface area contributed by atoms with Gasteiger partial charge >= 0.3 is 0 Å². The number of nitrogens with one attached hydrogen (secondary N) is 2. The van der Waals surface area contributed by atoms with Crippen molar-refractivity contribution in [2.24, 2.45) is 0 Å². The molecule has 2 aromatic rings. The second kappa shape index (κ2) is 7.02. The molecule has 7 heteroatoms. The van der Waals surface area contributed by atoms with Crippen molar-refractivity contribution in [3.8, 4) is 0 Å². The maximum atomic E-state index is 6.07. The van der Waals surface area contributed by atoms with Crippen LogP contribution >= 0.6 is 11.6 Å². The first-order chi connectivity index (χ1) is 9.69. The Morgan fingerprint density at radius 2 is 2.20 bits per heavy atom. The van der Waals surface area contributed by atoms with Gasteiger partial charge in [0.2, 0.25) is 5.95 Å². The normalized spacial score (nSPS) is 10.3. The molecule has 106 valence electrons. The van der Waals surface area contributed by atoms with Crippen LogP contribution in [0.1, 0.15) is 5.56 Å². The third-order valence-corrected chi connectivity index (χ3v) is 3.01. The van der Waals surface area contributed by atoms with Crippen LogP contribution in [0.2, 0.25) is 5.02 Å². The van der Waals surface area contributed by atoms with Crippen LogP contribution in [-0.2, 0) is 4.74 Å². The predicted octanol–water partition coefficient (Wildman–Crippen LogP) is 2.64. The molecule has 0 amide bonds. The first-order valence-electron chi connectivity index (χ1n) is 6.15. The molecule has 2 N–H and O–H groups in total. The fraction of sp³-hybridized carbons (Fsp3) is 0.308. The van der Waals surface area contributed by atoms with Crippen LogP contribution in [0.3, 0.4) is 0 Å². The average Bonchev–Trinajstić information content (AvgIpc) is 2.44. The van der Waals surface area contributed by atoms with Gasteiger partial charge in [0, 0.05) is 24.4 Å². The maximum Gasteiger partial charge on any atom is 0.249 e. The van der Waals surface area contributed by atoms with E-state index in [1.807, 2.05) is 25.1 Å². The number of methoxy groups -OCH3 is 1. The maximum absolute atomic E-state index is 6.07. The Hall–Kier alpha value is -1.92. The zero-order valence-electron chi connectivity index (χ0n) is 11.4. The van der Waals surface area contributed by atoms with Crippen LogP contribution in [0, 0.1) is 6.92 Å². The smallest absolute Gasteiger partial charge is 0.249 e. The van der Waals surface area contributed by atoms with Crippen molar-refractivity contribution in [2.45, 2.75) is 6.92 Å². The van der Waals surface area contributed by atoms with Crippen molar-refractivity contribution >= 4 is 29.1 Å². The van der Waals surface area contributed by atoms with Gasteiger partial charge in [0.1, 0.15) is 0 Å². The summed E-state index contributed by atoms with van der Waals surface area (Å²) in [6.07, 6.45) is 1.56. The van der Waals surface area contributed by atoms with E-state index in [0.29, 0.717) is 29.9 Å². The number of aryl methyl sites for hydroxylation is 1. The highest BCUT2D eigenvalue weighted by Crippen LogP contribution is 2.21. The van der Waals surface area contributed by atoms with E-state index in [1.165, 1.54) is 0 Å². The highest BCUT2D eigenvalue weighted by Gasteiger charge is 2.03. The van der Waals surface area contributed by atoms with Gasteiger partial charge in [-0.25, -0.2) is 0 Å². The van der Waals surface area contributed by atoms with Crippen molar-refractivity contribution in [3.63, 3.8) is 0 Å². The highest BCUT2D eigenvalue weighted by atomic mass is 35.5. The first kappa shape index (κ1) is 14.5. The predicted molar refractivity (Wildman–Crippen MR) is 79.7 cm³/mol. The van der Waals surface area contributed by atoms with Crippen LogP contribution in [0.15, 0.2) is 24.4 Å². The minimum absolute atomic E-state index is 0.410. The summed E-state index contributed by atoms with van der Waals surface area (Å²) in [4.78, 5) is 4.30. The highest BCUT2D eigenvalue weighted by molar-refractivity contribution is 6.31. The van der Waals surface area contributed by atoms with Crippen LogP contribution in [0.25, 0.3) is 0 Å². The summed E-state index contributed by atoms with van der Waals surface area (Å²) < 4.78 is 4.96. The Bertz CT molecular complexity index is 578. The fourth-order valence-corrected chi connectivity index (χ4v) is 1.70. The molecule has 0 spiro atoms. The number of nitrogens with zero attached hydrogens (tertiary/aromatic N) is 3. The number of hydrogen-bond donors (Lipinski definition) is 2. The van der Waals surface area contributed by atoms with Gasteiger partial charge in [0.25, 0.3) is 0 Å². The molecule has 1 heterocycles. The number of anilines is 3. The molecule has 0 unspecified atom stereocenters. The Labute approximate surface area is 122 Å². The number of benzene rings is 1. The molecular formula is C13H16ClN5O. The molecule has 0 saturated heterocycles. The molecule has 0 saturated carbocycles. The largest absolute Gasteiger partial charge is 0.383 e. The molecular weight excluding hydrogens is 278 g/mol. The minimum atomic E-state index is 0.410. The summed E-state index contributed by atoms with van der Waals surface area (Å²) in [7, 11) is 1.65. The lowest BCUT2D eigenvalue weighted by molar-refractivity contribution is 0.210. The van der Waals surface area contributed by atoms with E-state index < -0.39 is 0 Å². The summed E-state index contributed by atoms with van der Waals surface area (Å²) in [6, 6.07) is 5.67. The molecule has 0 aliphatic rings. The molecule has 20 heavy (non-hydrogen) atoms. The molecule has 6 nitrogen and oxygen atoms in total. The van der Waals surface area contributed by atoms with Crippen molar-refractivity contribution in [1.29, 1.82) is 0 Å². The van der Waals surface area contributed by atoms with E-state index in [1.54, 1.807) is 13.3 Å². The van der Waals surface area contributed by atoms with Crippen molar-refractivity contribution in [2.75, 3.05) is 30.9 Å². The van der Waals surface area contributed by atoms with E-state index in [0.717, 1.165) is 11.3 Å². The van der Waals surface area contributed by atoms with Crippen LogP contribution in [0.5, 0.6) is 0 Å². The third-order valence-electron chi connectivity index (χ3n) is 2.60.